The molecule has 2 aliphatic rings. The molecule has 4 rings (SSSR count). The van der Waals surface area contributed by atoms with Crippen LogP contribution < -0.4 is 15.8 Å². The lowest BCUT2D eigenvalue weighted by atomic mass is 9.90. The van der Waals surface area contributed by atoms with E-state index in [4.69, 9.17) is 21.0 Å². The number of anilines is 1. The van der Waals surface area contributed by atoms with E-state index in [2.05, 4.69) is 0 Å². The van der Waals surface area contributed by atoms with Crippen molar-refractivity contribution in [1.82, 2.24) is 0 Å². The number of carboxylic acids is 1. The standard InChI is InChI=1S/C21H17N2O5P/c22-13-3-7-16-18(9-13)29(26,27)19-10-14(23)4-8-17(19)21(16)12-1-5-15(6-2-12)28-11-20(24)25/h1-10,22H,11,23H2,(H,24,25)(H,26,27). The zero-order valence-electron chi connectivity index (χ0n) is 15.1. The number of rotatable bonds is 4. The van der Waals surface area contributed by atoms with Crippen LogP contribution >= 0.6 is 7.37 Å². The van der Waals surface area contributed by atoms with E-state index in [-0.39, 0.29) is 16.3 Å². The first-order chi connectivity index (χ1) is 13.8. The van der Waals surface area contributed by atoms with Crippen LogP contribution in [0.5, 0.6) is 5.75 Å². The second kappa shape index (κ2) is 6.88. The highest BCUT2D eigenvalue weighted by molar-refractivity contribution is 7.71. The highest BCUT2D eigenvalue weighted by Crippen LogP contribution is 2.59. The molecule has 0 bridgehead atoms. The van der Waals surface area contributed by atoms with Gasteiger partial charge in [-0.3, -0.25) is 4.57 Å². The van der Waals surface area contributed by atoms with E-state index in [0.29, 0.717) is 22.6 Å². The summed E-state index contributed by atoms with van der Waals surface area (Å²) in [4.78, 5) is 21.6. The van der Waals surface area contributed by atoms with E-state index in [9.17, 15) is 14.3 Å². The Morgan fingerprint density at radius 1 is 1.14 bits per heavy atom. The number of allylic oxidation sites excluding steroid dienone is 5. The molecule has 7 nitrogen and oxygen atoms in total. The molecule has 0 spiro atoms. The highest BCUT2D eigenvalue weighted by atomic mass is 31.2. The molecule has 2 aromatic carbocycles. The molecule has 146 valence electrons. The van der Waals surface area contributed by atoms with Crippen LogP contribution in [-0.2, 0) is 9.36 Å². The van der Waals surface area contributed by atoms with Crippen molar-refractivity contribution in [2.75, 3.05) is 12.3 Å². The minimum atomic E-state index is -3.92. The predicted octanol–water partition coefficient (Wildman–Crippen LogP) is 2.92. The lowest BCUT2D eigenvalue weighted by molar-refractivity contribution is -0.139. The number of aliphatic carboxylic acids is 1. The minimum absolute atomic E-state index is 0.141. The van der Waals surface area contributed by atoms with Gasteiger partial charge in [0.15, 0.2) is 6.61 Å². The molecule has 0 amide bonds. The van der Waals surface area contributed by atoms with Crippen molar-refractivity contribution < 1.29 is 24.1 Å². The maximum Gasteiger partial charge on any atom is 0.341 e. The molecule has 0 aromatic heterocycles. The Kier molecular flexibility index (Phi) is 4.49. The van der Waals surface area contributed by atoms with Crippen LogP contribution in [0.1, 0.15) is 11.1 Å². The monoisotopic (exact) mass is 408 g/mol. The summed E-state index contributed by atoms with van der Waals surface area (Å²) in [6.45, 7) is -0.444. The Labute approximate surface area is 166 Å². The van der Waals surface area contributed by atoms with Gasteiger partial charge in [-0.15, -0.1) is 0 Å². The van der Waals surface area contributed by atoms with E-state index in [0.717, 1.165) is 11.1 Å². The van der Waals surface area contributed by atoms with Crippen molar-refractivity contribution in [3.05, 3.63) is 82.7 Å². The molecular formula is C21H17N2O5P. The van der Waals surface area contributed by atoms with E-state index >= 15 is 0 Å². The van der Waals surface area contributed by atoms with Gasteiger partial charge in [0.05, 0.1) is 16.3 Å². The minimum Gasteiger partial charge on any atom is -0.482 e. The van der Waals surface area contributed by atoms with Crippen molar-refractivity contribution in [1.29, 1.82) is 5.41 Å². The summed E-state index contributed by atoms with van der Waals surface area (Å²) in [7, 11) is -3.92. The lowest BCUT2D eigenvalue weighted by Gasteiger charge is -2.30. The molecule has 1 unspecified atom stereocenters. The number of nitrogens with one attached hydrogen (secondary N) is 1. The Balaban J connectivity index is 1.90. The van der Waals surface area contributed by atoms with Crippen LogP contribution in [-0.4, -0.2) is 28.3 Å². The van der Waals surface area contributed by atoms with Gasteiger partial charge in [-0.05, 0) is 58.7 Å². The number of benzene rings is 2. The van der Waals surface area contributed by atoms with Gasteiger partial charge in [-0.1, -0.05) is 24.3 Å². The molecule has 0 fully saturated rings. The third-order valence-electron chi connectivity index (χ3n) is 4.72. The van der Waals surface area contributed by atoms with Gasteiger partial charge in [0.1, 0.15) is 5.75 Å². The zero-order chi connectivity index (χ0) is 20.8. The summed E-state index contributed by atoms with van der Waals surface area (Å²) in [6.07, 6.45) is 4.65. The number of carboxylic acid groups (broad SMARTS) is 1. The van der Waals surface area contributed by atoms with Crippen LogP contribution in [0.25, 0.3) is 5.57 Å². The topological polar surface area (TPSA) is 134 Å². The smallest absolute Gasteiger partial charge is 0.341 e. The van der Waals surface area contributed by atoms with Gasteiger partial charge in [0, 0.05) is 5.69 Å². The molecule has 2 aromatic rings. The molecule has 1 atom stereocenters. The number of carbonyl (C=O) groups is 1. The van der Waals surface area contributed by atoms with Gasteiger partial charge in [-0.25, -0.2) is 4.79 Å². The first-order valence-electron chi connectivity index (χ1n) is 8.69. The Morgan fingerprint density at radius 2 is 1.86 bits per heavy atom. The van der Waals surface area contributed by atoms with Gasteiger partial charge >= 0.3 is 5.97 Å². The van der Waals surface area contributed by atoms with E-state index in [1.807, 2.05) is 0 Å². The third kappa shape index (κ3) is 3.31. The zero-order valence-corrected chi connectivity index (χ0v) is 16.0. The van der Waals surface area contributed by atoms with Crippen molar-refractivity contribution in [3.8, 4) is 5.75 Å². The van der Waals surface area contributed by atoms with Crippen LogP contribution in [0.4, 0.5) is 5.69 Å². The summed E-state index contributed by atoms with van der Waals surface area (Å²) in [6, 6.07) is 11.7. The normalized spacial score (nSPS) is 20.0. The molecule has 5 N–H and O–H groups in total. The van der Waals surface area contributed by atoms with Crippen LogP contribution in [0.2, 0.25) is 0 Å². The fourth-order valence-corrected chi connectivity index (χ4v) is 5.38. The number of nitrogens with two attached hydrogens (primary N) is 1. The molecule has 1 aliphatic heterocycles. The first-order valence-corrected chi connectivity index (χ1v) is 10.3. The maximum absolute atomic E-state index is 13.3. The average Bonchev–Trinajstić information content (AvgIpc) is 2.68. The van der Waals surface area contributed by atoms with E-state index in [1.165, 1.54) is 12.1 Å². The Bertz CT molecular complexity index is 1190. The third-order valence-corrected chi connectivity index (χ3v) is 6.76. The summed E-state index contributed by atoms with van der Waals surface area (Å²) in [5.74, 6) is -0.666. The van der Waals surface area contributed by atoms with E-state index in [1.54, 1.807) is 48.6 Å². The summed E-state index contributed by atoms with van der Waals surface area (Å²) < 4.78 is 18.5. The molecule has 0 saturated heterocycles. The highest BCUT2D eigenvalue weighted by Gasteiger charge is 2.39. The molecule has 1 heterocycles. The van der Waals surface area contributed by atoms with Crippen molar-refractivity contribution in [2.45, 2.75) is 0 Å². The van der Waals surface area contributed by atoms with Crippen LogP contribution in [0.15, 0.2) is 71.6 Å². The van der Waals surface area contributed by atoms with Gasteiger partial charge < -0.3 is 25.9 Å². The number of ether oxygens (including phenoxy) is 1. The van der Waals surface area contributed by atoms with Crippen molar-refractivity contribution in [3.63, 3.8) is 0 Å². The average molecular weight is 408 g/mol. The van der Waals surface area contributed by atoms with Gasteiger partial charge in [0.25, 0.3) is 7.37 Å². The number of fused-ring (bicyclic) bond motifs is 2. The van der Waals surface area contributed by atoms with Crippen LogP contribution in [0, 0.1) is 5.41 Å². The van der Waals surface area contributed by atoms with Gasteiger partial charge in [0.2, 0.25) is 0 Å². The summed E-state index contributed by atoms with van der Waals surface area (Å²) in [5, 5.41) is 17.1. The Hall–Kier alpha value is -3.41. The molecule has 0 saturated carbocycles. The second-order valence-electron chi connectivity index (χ2n) is 6.67. The number of hydrogen-bond donors (Lipinski definition) is 4. The second-order valence-corrected chi connectivity index (χ2v) is 8.78. The summed E-state index contributed by atoms with van der Waals surface area (Å²) in [5.41, 5.74) is 9.05. The van der Waals surface area contributed by atoms with Crippen molar-refractivity contribution >= 4 is 35.6 Å². The van der Waals surface area contributed by atoms with Crippen molar-refractivity contribution in [2.24, 2.45) is 0 Å². The largest absolute Gasteiger partial charge is 0.482 e. The molecular weight excluding hydrogens is 391 g/mol. The SMILES string of the molecule is N=C1C=CC2=C(c3ccc(OCC(=O)O)cc3)c3ccc(N)cc3P(=O)(O)C2=C1. The molecule has 0 radical (unpaired) electrons. The quantitative estimate of drug-likeness (QED) is 0.454. The van der Waals surface area contributed by atoms with Gasteiger partial charge in [-0.2, -0.15) is 0 Å². The number of nitrogen functional groups attached to an aromatic ring is 1. The molecule has 29 heavy (non-hydrogen) atoms. The summed E-state index contributed by atoms with van der Waals surface area (Å²) >= 11 is 0. The molecule has 1 aliphatic carbocycles. The lowest BCUT2D eigenvalue weighted by Crippen LogP contribution is -2.21. The van der Waals surface area contributed by atoms with E-state index < -0.39 is 19.9 Å². The fourth-order valence-electron chi connectivity index (χ4n) is 3.45. The molecule has 8 heteroatoms. The van der Waals surface area contributed by atoms with Crippen LogP contribution in [0.3, 0.4) is 0 Å². The first kappa shape index (κ1) is 18.9. The fraction of sp³-hybridized carbons (Fsp3) is 0.0476. The predicted molar refractivity (Wildman–Crippen MR) is 111 cm³/mol. The number of hydrogen-bond acceptors (Lipinski definition) is 5. The maximum atomic E-state index is 13.3. The Morgan fingerprint density at radius 3 is 2.55 bits per heavy atom.